The molecule has 0 N–H and O–H groups in total. The number of ether oxygens (including phenoxy) is 3. The molecule has 0 spiro atoms. The van der Waals surface area contributed by atoms with E-state index < -0.39 is 5.63 Å². The van der Waals surface area contributed by atoms with Gasteiger partial charge in [-0.1, -0.05) is 75.2 Å². The Hall–Kier alpha value is -2.69. The van der Waals surface area contributed by atoms with Crippen LogP contribution in [0.15, 0.2) is 50.7 Å². The van der Waals surface area contributed by atoms with Crippen LogP contribution in [0.1, 0.15) is 106 Å². The van der Waals surface area contributed by atoms with Gasteiger partial charge >= 0.3 is 5.63 Å². The highest BCUT2D eigenvalue weighted by Crippen LogP contribution is 2.39. The van der Waals surface area contributed by atoms with Gasteiger partial charge in [0.1, 0.15) is 23.3 Å². The van der Waals surface area contributed by atoms with Gasteiger partial charge in [0.15, 0.2) is 5.75 Å². The van der Waals surface area contributed by atoms with Crippen molar-refractivity contribution in [1.29, 1.82) is 0 Å². The van der Waals surface area contributed by atoms with Crippen LogP contribution in [0.4, 0.5) is 0 Å². The van der Waals surface area contributed by atoms with Crippen LogP contribution in [0.3, 0.4) is 0 Å². The Labute approximate surface area is 223 Å². The van der Waals surface area contributed by atoms with E-state index in [0.29, 0.717) is 35.7 Å². The molecule has 0 radical (unpaired) electrons. The molecule has 1 heterocycles. The summed E-state index contributed by atoms with van der Waals surface area (Å²) in [4.78, 5) is 12.8. The summed E-state index contributed by atoms with van der Waals surface area (Å²) in [5.74, 6) is 1.15. The van der Waals surface area contributed by atoms with Gasteiger partial charge in [0.2, 0.25) is 5.75 Å². The van der Waals surface area contributed by atoms with Gasteiger partial charge in [-0.2, -0.15) is 0 Å². The van der Waals surface area contributed by atoms with Crippen molar-refractivity contribution in [2.75, 3.05) is 13.2 Å². The Kier molecular flexibility index (Phi) is 14.0. The quantitative estimate of drug-likeness (QED) is 0.113. The molecule has 0 fully saturated rings. The molecule has 0 saturated carbocycles. The molecule has 206 valence electrons. The number of unbranched alkanes of at least 4 members (excludes halogenated alkanes) is 7. The number of hydrogen-bond donors (Lipinski definition) is 0. The van der Waals surface area contributed by atoms with Gasteiger partial charge in [0.05, 0.1) is 12.7 Å². The average Bonchev–Trinajstić information content (AvgIpc) is 2.83. The second kappa shape index (κ2) is 16.9. The summed E-state index contributed by atoms with van der Waals surface area (Å²) in [6.07, 6.45) is 15.8. The van der Waals surface area contributed by atoms with E-state index in [-0.39, 0.29) is 11.9 Å². The van der Waals surface area contributed by atoms with E-state index in [1.165, 1.54) is 49.7 Å². The number of hydrogen-bond acceptors (Lipinski definition) is 5. The average molecular weight is 513 g/mol. The first-order valence-corrected chi connectivity index (χ1v) is 14.1. The summed E-state index contributed by atoms with van der Waals surface area (Å²) in [5, 5.41) is 0.636. The van der Waals surface area contributed by atoms with Crippen molar-refractivity contribution in [2.24, 2.45) is 0 Å². The fourth-order valence-electron chi connectivity index (χ4n) is 4.14. The molecule has 0 saturated heterocycles. The summed E-state index contributed by atoms with van der Waals surface area (Å²) in [5.41, 5.74) is 2.52. The monoisotopic (exact) mass is 512 g/mol. The number of rotatable bonds is 18. The number of fused-ring (bicyclic) bond motifs is 1. The van der Waals surface area contributed by atoms with Crippen LogP contribution >= 0.6 is 0 Å². The molecule has 2 aromatic rings. The van der Waals surface area contributed by atoms with Gasteiger partial charge in [-0.05, 0) is 72.1 Å². The standard InChI is InChI=1S/C32H48O5/c1-7-8-9-10-11-12-13-14-22-35-31-30(36-25(4)5)29-27(19-16-20-28(29)37-32(31)33)34-23-21-26(6)18-15-17-24(2)3/h16-17,19-21,25H,7-15,18,22-23H2,1-6H3. The fourth-order valence-corrected chi connectivity index (χ4v) is 4.14. The third-order valence-electron chi connectivity index (χ3n) is 6.17. The van der Waals surface area contributed by atoms with E-state index in [2.05, 4.69) is 39.8 Å². The molecule has 0 bridgehead atoms. The lowest BCUT2D eigenvalue weighted by Crippen LogP contribution is -2.14. The lowest BCUT2D eigenvalue weighted by atomic mass is 10.1. The summed E-state index contributed by atoms with van der Waals surface area (Å²) in [6.45, 7) is 13.3. The molecule has 0 unspecified atom stereocenters. The van der Waals surface area contributed by atoms with E-state index in [1.54, 1.807) is 6.07 Å². The molecule has 0 aliphatic heterocycles. The summed E-state index contributed by atoms with van der Waals surface area (Å²) in [7, 11) is 0. The number of allylic oxidation sites excluding steroid dienone is 3. The molecule has 5 nitrogen and oxygen atoms in total. The highest BCUT2D eigenvalue weighted by molar-refractivity contribution is 5.91. The lowest BCUT2D eigenvalue weighted by Gasteiger charge is -2.18. The summed E-state index contributed by atoms with van der Waals surface area (Å²) >= 11 is 0. The first-order chi connectivity index (χ1) is 17.8. The van der Waals surface area contributed by atoms with E-state index in [0.717, 1.165) is 25.7 Å². The van der Waals surface area contributed by atoms with E-state index in [9.17, 15) is 4.79 Å². The van der Waals surface area contributed by atoms with Crippen molar-refractivity contribution in [2.45, 2.75) is 112 Å². The van der Waals surface area contributed by atoms with Gasteiger partial charge in [0, 0.05) is 0 Å². The minimum atomic E-state index is -0.519. The maximum atomic E-state index is 12.8. The third kappa shape index (κ3) is 11.1. The molecular formula is C32H48O5. The van der Waals surface area contributed by atoms with Crippen LogP contribution in [-0.2, 0) is 0 Å². The SMILES string of the molecule is CCCCCCCCCCOc1c(OC(C)C)c2c(OCC=C(C)CCC=C(C)C)cccc2oc1=O. The van der Waals surface area contributed by atoms with Gasteiger partial charge in [-0.15, -0.1) is 0 Å². The molecule has 0 aliphatic carbocycles. The number of benzene rings is 1. The third-order valence-corrected chi connectivity index (χ3v) is 6.17. The maximum Gasteiger partial charge on any atom is 0.383 e. The van der Waals surface area contributed by atoms with Gasteiger partial charge in [0.25, 0.3) is 0 Å². The predicted molar refractivity (Wildman–Crippen MR) is 154 cm³/mol. The maximum absolute atomic E-state index is 12.8. The minimum Gasteiger partial charge on any atom is -0.489 e. The zero-order chi connectivity index (χ0) is 27.0. The van der Waals surface area contributed by atoms with Crippen molar-refractivity contribution < 1.29 is 18.6 Å². The Morgan fingerprint density at radius 1 is 0.919 bits per heavy atom. The Bertz CT molecular complexity index is 1060. The molecular weight excluding hydrogens is 464 g/mol. The Morgan fingerprint density at radius 2 is 1.62 bits per heavy atom. The summed E-state index contributed by atoms with van der Waals surface area (Å²) < 4.78 is 23.9. The van der Waals surface area contributed by atoms with Crippen LogP contribution in [0.5, 0.6) is 17.2 Å². The largest absolute Gasteiger partial charge is 0.489 e. The topological polar surface area (TPSA) is 57.9 Å². The normalized spacial score (nSPS) is 11.7. The molecule has 1 aromatic heterocycles. The molecule has 2 rings (SSSR count). The first-order valence-electron chi connectivity index (χ1n) is 14.1. The van der Waals surface area contributed by atoms with E-state index in [1.807, 2.05) is 26.0 Å². The molecule has 0 aliphatic rings. The molecule has 0 amide bonds. The van der Waals surface area contributed by atoms with Crippen molar-refractivity contribution in [1.82, 2.24) is 0 Å². The van der Waals surface area contributed by atoms with Gasteiger partial charge in [-0.25, -0.2) is 4.79 Å². The van der Waals surface area contributed by atoms with Crippen molar-refractivity contribution >= 4 is 11.0 Å². The Morgan fingerprint density at radius 3 is 2.30 bits per heavy atom. The highest BCUT2D eigenvalue weighted by Gasteiger charge is 2.22. The van der Waals surface area contributed by atoms with Crippen LogP contribution in [0, 0.1) is 0 Å². The highest BCUT2D eigenvalue weighted by atomic mass is 16.5. The first kappa shape index (κ1) is 30.5. The molecule has 37 heavy (non-hydrogen) atoms. The van der Waals surface area contributed by atoms with Crippen LogP contribution in [0.2, 0.25) is 0 Å². The summed E-state index contributed by atoms with van der Waals surface area (Å²) in [6, 6.07) is 5.47. The second-order valence-corrected chi connectivity index (χ2v) is 10.3. The Balaban J connectivity index is 2.14. The van der Waals surface area contributed by atoms with E-state index >= 15 is 0 Å². The zero-order valence-corrected chi connectivity index (χ0v) is 24.0. The van der Waals surface area contributed by atoms with Crippen LogP contribution < -0.4 is 19.8 Å². The predicted octanol–water partition coefficient (Wildman–Crippen LogP) is 9.17. The van der Waals surface area contributed by atoms with Crippen LogP contribution in [0.25, 0.3) is 11.0 Å². The molecule has 0 atom stereocenters. The molecule has 1 aromatic carbocycles. The second-order valence-electron chi connectivity index (χ2n) is 10.3. The van der Waals surface area contributed by atoms with Crippen molar-refractivity contribution in [3.05, 3.63) is 51.9 Å². The fraction of sp³-hybridized carbons (Fsp3) is 0.594. The van der Waals surface area contributed by atoms with Crippen molar-refractivity contribution in [3.8, 4) is 17.2 Å². The molecule has 5 heteroatoms. The van der Waals surface area contributed by atoms with Gasteiger partial charge < -0.3 is 18.6 Å². The minimum absolute atomic E-state index is 0.133. The lowest BCUT2D eigenvalue weighted by molar-refractivity contribution is 0.215. The van der Waals surface area contributed by atoms with Crippen molar-refractivity contribution in [3.63, 3.8) is 0 Å². The zero-order valence-electron chi connectivity index (χ0n) is 24.0. The van der Waals surface area contributed by atoms with Crippen LogP contribution in [-0.4, -0.2) is 19.3 Å². The smallest absolute Gasteiger partial charge is 0.383 e. The van der Waals surface area contributed by atoms with Gasteiger partial charge in [-0.3, -0.25) is 0 Å². The van der Waals surface area contributed by atoms with E-state index in [4.69, 9.17) is 18.6 Å².